The maximum atomic E-state index is 12.9. The minimum Gasteiger partial charge on any atom is -0.492 e. The Labute approximate surface area is 166 Å². The number of morpholine rings is 1. The molecule has 3 atom stereocenters. The third-order valence-corrected chi connectivity index (χ3v) is 5.89. The second-order valence-corrected chi connectivity index (χ2v) is 7.66. The van der Waals surface area contributed by atoms with Crippen LogP contribution in [0.15, 0.2) is 24.3 Å². The van der Waals surface area contributed by atoms with E-state index in [1.165, 1.54) is 0 Å². The maximum absolute atomic E-state index is 12.9. The zero-order valence-electron chi connectivity index (χ0n) is 16.8. The number of allylic oxidation sites excluding steroid dienone is 2. The molecule has 1 aliphatic heterocycles. The van der Waals surface area contributed by atoms with Crippen LogP contribution >= 0.6 is 0 Å². The molecule has 3 aliphatic rings. The molecule has 1 heterocycles. The van der Waals surface area contributed by atoms with Crippen molar-refractivity contribution < 1.29 is 19.0 Å². The highest BCUT2D eigenvalue weighted by Crippen LogP contribution is 2.45. The van der Waals surface area contributed by atoms with Crippen LogP contribution in [0.25, 0.3) is 0 Å². The van der Waals surface area contributed by atoms with Crippen LogP contribution in [0.1, 0.15) is 26.7 Å². The molecule has 2 fully saturated rings. The number of nitrogens with zero attached hydrogens (tertiary/aromatic N) is 1. The molecular formula is C22H30N2O4. The summed E-state index contributed by atoms with van der Waals surface area (Å²) in [6, 6.07) is 3.91. The lowest BCUT2D eigenvalue weighted by atomic mass is 9.93. The molecule has 6 heteroatoms. The molecule has 0 spiro atoms. The maximum Gasteiger partial charge on any atom is 0.228 e. The summed E-state index contributed by atoms with van der Waals surface area (Å²) in [4.78, 5) is 15.2. The molecule has 1 saturated carbocycles. The number of hydrogen-bond donors (Lipinski definition) is 1. The molecule has 28 heavy (non-hydrogen) atoms. The summed E-state index contributed by atoms with van der Waals surface area (Å²) in [6.07, 6.45) is 6.51. The Hall–Kier alpha value is -2.21. The Morgan fingerprint density at radius 3 is 2.50 bits per heavy atom. The highest BCUT2D eigenvalue weighted by atomic mass is 16.5. The summed E-state index contributed by atoms with van der Waals surface area (Å²) in [5.74, 6) is 2.54. The highest BCUT2D eigenvalue weighted by molar-refractivity contribution is 5.95. The third-order valence-electron chi connectivity index (χ3n) is 5.89. The fourth-order valence-electron chi connectivity index (χ4n) is 4.55. The number of hydrogen-bond acceptors (Lipinski definition) is 5. The molecule has 1 saturated heterocycles. The van der Waals surface area contributed by atoms with Crippen LogP contribution < -0.4 is 19.7 Å². The number of carbonyl (C=O) groups is 1. The lowest BCUT2D eigenvalue weighted by Crippen LogP contribution is -2.36. The Balaban J connectivity index is 1.60. The summed E-state index contributed by atoms with van der Waals surface area (Å²) in [5, 5.41) is 3.13. The standard InChI is InChI=1S/C22H30N2O4/c1-3-27-20-14-19(24-7-9-26-10-8-24)21(28-4-2)13-18(20)23-22(25)17-12-15-5-6-16(17)11-15/h5-6,13-17H,3-4,7-12H2,1-2H3,(H,23,25)/t15-,16+,17+/m0/s1. The lowest BCUT2D eigenvalue weighted by Gasteiger charge is -2.31. The first-order valence-corrected chi connectivity index (χ1v) is 10.4. The summed E-state index contributed by atoms with van der Waals surface area (Å²) < 4.78 is 17.3. The first-order chi connectivity index (χ1) is 13.7. The summed E-state index contributed by atoms with van der Waals surface area (Å²) in [7, 11) is 0. The molecule has 0 aromatic heterocycles. The molecule has 152 valence electrons. The van der Waals surface area contributed by atoms with E-state index >= 15 is 0 Å². The van der Waals surface area contributed by atoms with Crippen LogP contribution in [0.5, 0.6) is 11.5 Å². The molecular weight excluding hydrogens is 356 g/mol. The minimum atomic E-state index is 0.0546. The van der Waals surface area contributed by atoms with Crippen molar-refractivity contribution in [2.75, 3.05) is 49.7 Å². The normalized spacial score (nSPS) is 25.8. The van der Waals surface area contributed by atoms with Crippen molar-refractivity contribution in [2.24, 2.45) is 17.8 Å². The van der Waals surface area contributed by atoms with Crippen LogP contribution in [0.4, 0.5) is 11.4 Å². The van der Waals surface area contributed by atoms with Gasteiger partial charge < -0.3 is 24.4 Å². The molecule has 1 N–H and O–H groups in total. The van der Waals surface area contributed by atoms with E-state index < -0.39 is 0 Å². The van der Waals surface area contributed by atoms with Gasteiger partial charge in [0.25, 0.3) is 0 Å². The number of nitrogens with one attached hydrogen (secondary N) is 1. The van der Waals surface area contributed by atoms with Crippen molar-refractivity contribution in [3.8, 4) is 11.5 Å². The van der Waals surface area contributed by atoms with Crippen molar-refractivity contribution in [3.05, 3.63) is 24.3 Å². The van der Waals surface area contributed by atoms with Crippen molar-refractivity contribution in [1.82, 2.24) is 0 Å². The van der Waals surface area contributed by atoms with Crippen LogP contribution in [0, 0.1) is 17.8 Å². The zero-order chi connectivity index (χ0) is 19.5. The van der Waals surface area contributed by atoms with Crippen molar-refractivity contribution in [3.63, 3.8) is 0 Å². The SMILES string of the molecule is CCOc1cc(N2CCOCC2)c(OCC)cc1NC(=O)[C@@H]1C[C@H]2C=C[C@@H]1C2. The van der Waals surface area contributed by atoms with Crippen molar-refractivity contribution in [1.29, 1.82) is 0 Å². The van der Waals surface area contributed by atoms with Crippen molar-refractivity contribution >= 4 is 17.3 Å². The van der Waals surface area contributed by atoms with Gasteiger partial charge in [-0.05, 0) is 38.5 Å². The quantitative estimate of drug-likeness (QED) is 0.727. The van der Waals surface area contributed by atoms with Gasteiger partial charge in [-0.1, -0.05) is 12.2 Å². The Kier molecular flexibility index (Phi) is 5.76. The summed E-state index contributed by atoms with van der Waals surface area (Å²) in [6.45, 7) is 8.06. The molecule has 2 aliphatic carbocycles. The molecule has 1 aromatic carbocycles. The summed E-state index contributed by atoms with van der Waals surface area (Å²) in [5.41, 5.74) is 1.69. The molecule has 6 nitrogen and oxygen atoms in total. The Morgan fingerprint density at radius 2 is 1.86 bits per heavy atom. The van der Waals surface area contributed by atoms with Gasteiger partial charge in [0.1, 0.15) is 11.5 Å². The first-order valence-electron chi connectivity index (χ1n) is 10.4. The second kappa shape index (κ2) is 8.43. The van der Waals surface area contributed by atoms with Gasteiger partial charge in [-0.25, -0.2) is 0 Å². The van der Waals surface area contributed by atoms with Crippen LogP contribution in [0.2, 0.25) is 0 Å². The number of rotatable bonds is 7. The fourth-order valence-corrected chi connectivity index (χ4v) is 4.55. The predicted octanol–water partition coefficient (Wildman–Crippen LogP) is 3.47. The van der Waals surface area contributed by atoms with E-state index in [1.54, 1.807) is 0 Å². The Morgan fingerprint density at radius 1 is 1.11 bits per heavy atom. The average Bonchev–Trinajstić information content (AvgIpc) is 3.34. The van der Waals surface area contributed by atoms with Gasteiger partial charge in [0, 0.05) is 31.1 Å². The third kappa shape index (κ3) is 3.83. The average molecular weight is 386 g/mol. The number of carbonyl (C=O) groups excluding carboxylic acids is 1. The van der Waals surface area contributed by atoms with Crippen LogP contribution in [-0.2, 0) is 9.53 Å². The molecule has 0 radical (unpaired) electrons. The van der Waals surface area contributed by atoms with Gasteiger partial charge in [0.05, 0.1) is 37.8 Å². The van der Waals surface area contributed by atoms with Gasteiger partial charge in [-0.15, -0.1) is 0 Å². The predicted molar refractivity (Wildman–Crippen MR) is 109 cm³/mol. The number of benzene rings is 1. The Bertz CT molecular complexity index is 742. The van der Waals surface area contributed by atoms with E-state index in [4.69, 9.17) is 14.2 Å². The number of anilines is 2. The van der Waals surface area contributed by atoms with E-state index in [9.17, 15) is 4.79 Å². The van der Waals surface area contributed by atoms with E-state index in [-0.39, 0.29) is 11.8 Å². The van der Waals surface area contributed by atoms with Gasteiger partial charge in [0.2, 0.25) is 5.91 Å². The van der Waals surface area contributed by atoms with E-state index in [1.807, 2.05) is 26.0 Å². The smallest absolute Gasteiger partial charge is 0.228 e. The van der Waals surface area contributed by atoms with Gasteiger partial charge in [-0.2, -0.15) is 0 Å². The minimum absolute atomic E-state index is 0.0546. The molecule has 1 amide bonds. The van der Waals surface area contributed by atoms with E-state index in [0.717, 1.165) is 37.4 Å². The summed E-state index contributed by atoms with van der Waals surface area (Å²) >= 11 is 0. The largest absolute Gasteiger partial charge is 0.492 e. The number of ether oxygens (including phenoxy) is 3. The van der Waals surface area contributed by atoms with Gasteiger partial charge in [-0.3, -0.25) is 4.79 Å². The van der Waals surface area contributed by atoms with Gasteiger partial charge >= 0.3 is 0 Å². The molecule has 4 rings (SSSR count). The van der Waals surface area contributed by atoms with Gasteiger partial charge in [0.15, 0.2) is 0 Å². The molecule has 2 bridgehead atoms. The van der Waals surface area contributed by atoms with Crippen LogP contribution in [-0.4, -0.2) is 45.4 Å². The van der Waals surface area contributed by atoms with E-state index in [2.05, 4.69) is 22.4 Å². The molecule has 1 aromatic rings. The van der Waals surface area contributed by atoms with Crippen molar-refractivity contribution in [2.45, 2.75) is 26.7 Å². The highest BCUT2D eigenvalue weighted by Gasteiger charge is 2.40. The van der Waals surface area contributed by atoms with Crippen LogP contribution in [0.3, 0.4) is 0 Å². The zero-order valence-corrected chi connectivity index (χ0v) is 16.8. The first kappa shape index (κ1) is 19.1. The topological polar surface area (TPSA) is 60.0 Å². The second-order valence-electron chi connectivity index (χ2n) is 7.66. The monoisotopic (exact) mass is 386 g/mol. The van der Waals surface area contributed by atoms with E-state index in [0.29, 0.717) is 49.7 Å². The molecule has 0 unspecified atom stereocenters. The fraction of sp³-hybridized carbons (Fsp3) is 0.591. The number of fused-ring (bicyclic) bond motifs is 2. The lowest BCUT2D eigenvalue weighted by molar-refractivity contribution is -0.120. The number of amides is 1.